The Morgan fingerprint density at radius 3 is 2.36 bits per heavy atom. The number of sulfonamides is 1. The van der Waals surface area contributed by atoms with Crippen LogP contribution in [0.25, 0.3) is 5.57 Å². The van der Waals surface area contributed by atoms with Gasteiger partial charge in [0, 0.05) is 31.0 Å². The Kier molecular flexibility index (Phi) is 3.85. The van der Waals surface area contributed by atoms with Gasteiger partial charge in [0.15, 0.2) is 5.78 Å². The van der Waals surface area contributed by atoms with Crippen molar-refractivity contribution >= 4 is 21.4 Å². The van der Waals surface area contributed by atoms with Crippen LogP contribution in [0, 0.1) is 12.8 Å². The third-order valence-electron chi connectivity index (χ3n) is 5.02. The van der Waals surface area contributed by atoms with Crippen LogP contribution in [0.5, 0.6) is 0 Å². The first-order valence-corrected chi connectivity index (χ1v) is 9.79. The number of carbonyl (C=O) groups excluding carboxylic acids is 1. The summed E-state index contributed by atoms with van der Waals surface area (Å²) in [5.41, 5.74) is 3.59. The predicted octanol–water partition coefficient (Wildman–Crippen LogP) is 3.04. The molecule has 0 radical (unpaired) electrons. The van der Waals surface area contributed by atoms with E-state index in [9.17, 15) is 13.2 Å². The van der Waals surface area contributed by atoms with Crippen molar-refractivity contribution < 1.29 is 13.2 Å². The Bertz CT molecular complexity index is 960. The molecule has 25 heavy (non-hydrogen) atoms. The Morgan fingerprint density at radius 1 is 1.00 bits per heavy atom. The number of nitrogens with zero attached hydrogens (tertiary/aromatic N) is 1. The molecule has 2 aromatic carbocycles. The zero-order valence-electron chi connectivity index (χ0n) is 14.0. The Hall–Kier alpha value is -2.24. The van der Waals surface area contributed by atoms with Crippen LogP contribution in [0.3, 0.4) is 0 Å². The zero-order chi connectivity index (χ0) is 17.6. The fourth-order valence-electron chi connectivity index (χ4n) is 3.71. The minimum absolute atomic E-state index is 0.00271. The molecule has 1 aliphatic heterocycles. The summed E-state index contributed by atoms with van der Waals surface area (Å²) in [5, 5.41) is 0. The number of aryl methyl sites for hydroxylation is 1. The summed E-state index contributed by atoms with van der Waals surface area (Å²) in [7, 11) is -3.53. The molecular formula is C20H19NO3S. The highest BCUT2D eigenvalue weighted by Gasteiger charge is 2.43. The molecule has 2 aromatic rings. The van der Waals surface area contributed by atoms with Gasteiger partial charge in [-0.05, 0) is 30.2 Å². The lowest BCUT2D eigenvalue weighted by molar-refractivity contribution is -0.113. The van der Waals surface area contributed by atoms with Crippen molar-refractivity contribution in [2.45, 2.75) is 18.2 Å². The largest absolute Gasteiger partial charge is 0.294 e. The summed E-state index contributed by atoms with van der Waals surface area (Å²) in [6.07, 6.45) is 0.402. The standard InChI is InChI=1S/C20H19NO3S/c1-14-7-9-17(10-8-14)25(23,24)21-12-16-11-19(22)20(18(16)13-21)15-5-3-2-4-6-15/h2-10,16H,11-13H2,1H3. The molecule has 5 heteroatoms. The molecule has 1 atom stereocenters. The van der Waals surface area contributed by atoms with Crippen molar-refractivity contribution in [3.05, 3.63) is 71.3 Å². The van der Waals surface area contributed by atoms with Crippen LogP contribution >= 0.6 is 0 Å². The second-order valence-corrected chi connectivity index (χ2v) is 8.64. The maximum Gasteiger partial charge on any atom is 0.243 e. The first kappa shape index (κ1) is 16.2. The van der Waals surface area contributed by atoms with E-state index < -0.39 is 10.0 Å². The molecule has 1 fully saturated rings. The van der Waals surface area contributed by atoms with E-state index in [0.717, 1.165) is 16.7 Å². The molecule has 0 bridgehead atoms. The van der Waals surface area contributed by atoms with Crippen molar-refractivity contribution in [3.63, 3.8) is 0 Å². The maximum atomic E-state index is 12.9. The van der Waals surface area contributed by atoms with Gasteiger partial charge in [-0.15, -0.1) is 0 Å². The number of hydrogen-bond donors (Lipinski definition) is 0. The van der Waals surface area contributed by atoms with E-state index in [1.54, 1.807) is 12.1 Å². The second kappa shape index (κ2) is 5.93. The van der Waals surface area contributed by atoms with E-state index in [1.807, 2.05) is 49.4 Å². The first-order chi connectivity index (χ1) is 12.0. The summed E-state index contributed by atoms with van der Waals surface area (Å²) >= 11 is 0. The molecule has 128 valence electrons. The SMILES string of the molecule is Cc1ccc(S(=O)(=O)N2CC3=C(c4ccccc4)C(=O)CC3C2)cc1. The summed E-state index contributed by atoms with van der Waals surface area (Å²) in [6.45, 7) is 2.61. The van der Waals surface area contributed by atoms with Crippen LogP contribution in [0.1, 0.15) is 17.5 Å². The van der Waals surface area contributed by atoms with E-state index in [2.05, 4.69) is 0 Å². The van der Waals surface area contributed by atoms with Gasteiger partial charge < -0.3 is 0 Å². The van der Waals surface area contributed by atoms with Gasteiger partial charge >= 0.3 is 0 Å². The molecule has 0 aromatic heterocycles. The summed E-state index contributed by atoms with van der Waals surface area (Å²) in [6, 6.07) is 16.5. The fraction of sp³-hybridized carbons (Fsp3) is 0.250. The quantitative estimate of drug-likeness (QED) is 0.852. The molecule has 1 aliphatic carbocycles. The summed E-state index contributed by atoms with van der Waals surface area (Å²) in [4.78, 5) is 12.7. The molecule has 4 rings (SSSR count). The van der Waals surface area contributed by atoms with Crippen molar-refractivity contribution in [2.75, 3.05) is 13.1 Å². The third kappa shape index (κ3) is 2.73. The number of rotatable bonds is 3. The monoisotopic (exact) mass is 353 g/mol. The van der Waals surface area contributed by atoms with Crippen LogP contribution in [0.2, 0.25) is 0 Å². The number of allylic oxidation sites excluding steroid dienone is 1. The molecule has 2 aliphatic rings. The number of ketones is 1. The Labute approximate surface area is 147 Å². The highest BCUT2D eigenvalue weighted by atomic mass is 32.2. The van der Waals surface area contributed by atoms with Gasteiger partial charge in [-0.2, -0.15) is 4.31 Å². The lowest BCUT2D eigenvalue weighted by Crippen LogP contribution is -2.29. The lowest BCUT2D eigenvalue weighted by Gasteiger charge is -2.17. The average Bonchev–Trinajstić information content (AvgIpc) is 3.13. The van der Waals surface area contributed by atoms with Crippen LogP contribution < -0.4 is 0 Å². The van der Waals surface area contributed by atoms with Gasteiger partial charge in [0.2, 0.25) is 10.0 Å². The number of fused-ring (bicyclic) bond motifs is 1. The lowest BCUT2D eigenvalue weighted by atomic mass is 10.0. The van der Waals surface area contributed by atoms with Crippen molar-refractivity contribution in [1.82, 2.24) is 4.31 Å². The molecule has 0 spiro atoms. The van der Waals surface area contributed by atoms with E-state index in [1.165, 1.54) is 4.31 Å². The van der Waals surface area contributed by atoms with E-state index in [0.29, 0.717) is 30.0 Å². The minimum atomic E-state index is -3.53. The van der Waals surface area contributed by atoms with E-state index in [-0.39, 0.29) is 11.7 Å². The van der Waals surface area contributed by atoms with Crippen LogP contribution in [0.4, 0.5) is 0 Å². The Morgan fingerprint density at radius 2 is 1.68 bits per heavy atom. The van der Waals surface area contributed by atoms with Crippen molar-refractivity contribution in [3.8, 4) is 0 Å². The van der Waals surface area contributed by atoms with Crippen molar-refractivity contribution in [2.24, 2.45) is 5.92 Å². The smallest absolute Gasteiger partial charge is 0.243 e. The van der Waals surface area contributed by atoms with Gasteiger partial charge in [0.1, 0.15) is 0 Å². The molecule has 0 N–H and O–H groups in total. The first-order valence-electron chi connectivity index (χ1n) is 8.35. The molecule has 1 unspecified atom stereocenters. The van der Waals surface area contributed by atoms with E-state index >= 15 is 0 Å². The average molecular weight is 353 g/mol. The topological polar surface area (TPSA) is 54.5 Å². The normalized spacial score (nSPS) is 21.0. The number of Topliss-reactive ketones (excluding diaryl/α,β-unsaturated/α-hetero) is 1. The molecule has 0 saturated carbocycles. The van der Waals surface area contributed by atoms with Gasteiger partial charge in [-0.1, -0.05) is 48.0 Å². The minimum Gasteiger partial charge on any atom is -0.294 e. The highest BCUT2D eigenvalue weighted by molar-refractivity contribution is 7.89. The maximum absolute atomic E-state index is 12.9. The van der Waals surface area contributed by atoms with Gasteiger partial charge in [0.25, 0.3) is 0 Å². The molecular weight excluding hydrogens is 334 g/mol. The van der Waals surface area contributed by atoms with Crippen LogP contribution in [-0.2, 0) is 14.8 Å². The van der Waals surface area contributed by atoms with Crippen molar-refractivity contribution in [1.29, 1.82) is 0 Å². The van der Waals surface area contributed by atoms with Gasteiger partial charge in [0.05, 0.1) is 4.90 Å². The second-order valence-electron chi connectivity index (χ2n) is 6.70. The van der Waals surface area contributed by atoms with Crippen LogP contribution in [0.15, 0.2) is 65.1 Å². The highest BCUT2D eigenvalue weighted by Crippen LogP contribution is 2.41. The van der Waals surface area contributed by atoms with Crippen LogP contribution in [-0.4, -0.2) is 31.6 Å². The zero-order valence-corrected chi connectivity index (χ0v) is 14.8. The Balaban J connectivity index is 1.70. The molecule has 1 saturated heterocycles. The molecule has 0 amide bonds. The predicted molar refractivity (Wildman–Crippen MR) is 96.4 cm³/mol. The summed E-state index contributed by atoms with van der Waals surface area (Å²) < 4.78 is 27.3. The molecule has 4 nitrogen and oxygen atoms in total. The van der Waals surface area contributed by atoms with Gasteiger partial charge in [-0.3, -0.25) is 4.79 Å². The summed E-state index contributed by atoms with van der Waals surface area (Å²) in [5.74, 6) is 0.126. The third-order valence-corrected chi connectivity index (χ3v) is 6.84. The number of carbonyl (C=O) groups is 1. The van der Waals surface area contributed by atoms with E-state index in [4.69, 9.17) is 0 Å². The number of benzene rings is 2. The van der Waals surface area contributed by atoms with Gasteiger partial charge in [-0.25, -0.2) is 8.42 Å². The number of hydrogen-bond acceptors (Lipinski definition) is 3. The fourth-order valence-corrected chi connectivity index (χ4v) is 5.17. The molecule has 1 heterocycles.